The van der Waals surface area contributed by atoms with Crippen LogP contribution in [0.25, 0.3) is 0 Å². The zero-order valence-electron chi connectivity index (χ0n) is 10.3. The SMILES string of the molecule is CCCCCC1(C)OCC(C)([N+](=O)[O-])CO1. The molecule has 0 radical (unpaired) electrons. The second-order valence-electron chi connectivity index (χ2n) is 4.92. The number of hydrogen-bond donors (Lipinski definition) is 0. The molecule has 0 aromatic rings. The van der Waals surface area contributed by atoms with Crippen molar-refractivity contribution in [1.82, 2.24) is 0 Å². The van der Waals surface area contributed by atoms with Crippen molar-refractivity contribution in [3.63, 3.8) is 0 Å². The van der Waals surface area contributed by atoms with E-state index in [4.69, 9.17) is 9.47 Å². The Morgan fingerprint density at radius 2 is 1.81 bits per heavy atom. The third kappa shape index (κ3) is 3.15. The summed E-state index contributed by atoms with van der Waals surface area (Å²) in [4.78, 5) is 10.5. The van der Waals surface area contributed by atoms with Crippen LogP contribution in [0.2, 0.25) is 0 Å². The van der Waals surface area contributed by atoms with E-state index in [2.05, 4.69) is 6.92 Å². The third-order valence-corrected chi connectivity index (χ3v) is 3.05. The Balaban J connectivity index is 2.43. The molecular formula is C11H21NO4. The van der Waals surface area contributed by atoms with Crippen molar-refractivity contribution in [2.75, 3.05) is 13.2 Å². The van der Waals surface area contributed by atoms with Gasteiger partial charge < -0.3 is 9.47 Å². The summed E-state index contributed by atoms with van der Waals surface area (Å²) in [5.74, 6) is -0.634. The van der Waals surface area contributed by atoms with E-state index >= 15 is 0 Å². The van der Waals surface area contributed by atoms with E-state index in [0.717, 1.165) is 25.7 Å². The Hall–Kier alpha value is -0.680. The molecule has 1 saturated heterocycles. The summed E-state index contributed by atoms with van der Waals surface area (Å²) < 4.78 is 11.1. The molecule has 5 nitrogen and oxygen atoms in total. The number of unbranched alkanes of at least 4 members (excludes halogenated alkanes) is 2. The van der Waals surface area contributed by atoms with Crippen LogP contribution >= 0.6 is 0 Å². The van der Waals surface area contributed by atoms with Gasteiger partial charge in [-0.2, -0.15) is 0 Å². The zero-order valence-corrected chi connectivity index (χ0v) is 10.3. The Labute approximate surface area is 96.3 Å². The van der Waals surface area contributed by atoms with Crippen LogP contribution in [0.5, 0.6) is 0 Å². The standard InChI is InChI=1S/C11H21NO4/c1-4-5-6-7-11(3)15-8-10(2,9-16-11)12(13)14/h4-9H2,1-3H3. The van der Waals surface area contributed by atoms with Gasteiger partial charge in [0.25, 0.3) is 5.54 Å². The predicted octanol–water partition coefficient (Wildman–Crippen LogP) is 2.37. The maximum Gasteiger partial charge on any atom is 0.265 e. The highest BCUT2D eigenvalue weighted by Gasteiger charge is 2.47. The van der Waals surface area contributed by atoms with Gasteiger partial charge in [-0.25, -0.2) is 0 Å². The van der Waals surface area contributed by atoms with Gasteiger partial charge in [0, 0.05) is 18.3 Å². The number of ether oxygens (including phenoxy) is 2. The lowest BCUT2D eigenvalue weighted by atomic mass is 10.0. The molecule has 0 aliphatic carbocycles. The van der Waals surface area contributed by atoms with Crippen LogP contribution in [0.3, 0.4) is 0 Å². The molecule has 0 aromatic heterocycles. The molecule has 1 aliphatic rings. The molecule has 5 heteroatoms. The average Bonchev–Trinajstić information content (AvgIpc) is 2.23. The molecule has 94 valence electrons. The summed E-state index contributed by atoms with van der Waals surface area (Å²) >= 11 is 0. The minimum atomic E-state index is -1.09. The first-order valence-corrected chi connectivity index (χ1v) is 5.84. The van der Waals surface area contributed by atoms with E-state index in [0.29, 0.717) is 0 Å². The van der Waals surface area contributed by atoms with E-state index in [1.807, 2.05) is 6.92 Å². The van der Waals surface area contributed by atoms with Crippen LogP contribution in [0.15, 0.2) is 0 Å². The molecule has 0 spiro atoms. The fraction of sp³-hybridized carbons (Fsp3) is 1.00. The van der Waals surface area contributed by atoms with Gasteiger partial charge in [-0.05, 0) is 13.3 Å². The lowest BCUT2D eigenvalue weighted by Crippen LogP contribution is -2.54. The first-order valence-electron chi connectivity index (χ1n) is 5.84. The quantitative estimate of drug-likeness (QED) is 0.414. The molecule has 0 bridgehead atoms. The normalized spacial score (nSPS) is 34.9. The molecule has 0 aromatic carbocycles. The van der Waals surface area contributed by atoms with Gasteiger partial charge in [0.2, 0.25) is 0 Å². The van der Waals surface area contributed by atoms with Crippen molar-refractivity contribution in [3.05, 3.63) is 10.1 Å². The van der Waals surface area contributed by atoms with Crippen LogP contribution in [0, 0.1) is 10.1 Å². The summed E-state index contributed by atoms with van der Waals surface area (Å²) in [6, 6.07) is 0. The monoisotopic (exact) mass is 231 g/mol. The Bertz CT molecular complexity index is 246. The third-order valence-electron chi connectivity index (χ3n) is 3.05. The first kappa shape index (κ1) is 13.4. The van der Waals surface area contributed by atoms with Crippen molar-refractivity contribution in [2.45, 2.75) is 57.8 Å². The molecule has 16 heavy (non-hydrogen) atoms. The van der Waals surface area contributed by atoms with Crippen molar-refractivity contribution in [2.24, 2.45) is 0 Å². The molecule has 0 N–H and O–H groups in total. The zero-order chi connectivity index (χ0) is 12.2. The van der Waals surface area contributed by atoms with Crippen molar-refractivity contribution >= 4 is 0 Å². The highest BCUT2D eigenvalue weighted by atomic mass is 16.7. The van der Waals surface area contributed by atoms with Crippen LogP contribution < -0.4 is 0 Å². The number of rotatable bonds is 5. The lowest BCUT2D eigenvalue weighted by Gasteiger charge is -2.38. The van der Waals surface area contributed by atoms with Gasteiger partial charge in [-0.3, -0.25) is 10.1 Å². The molecule has 1 heterocycles. The van der Waals surface area contributed by atoms with Gasteiger partial charge in [-0.1, -0.05) is 19.8 Å². The second kappa shape index (κ2) is 5.10. The Morgan fingerprint density at radius 1 is 1.25 bits per heavy atom. The highest BCUT2D eigenvalue weighted by Crippen LogP contribution is 2.29. The van der Waals surface area contributed by atoms with Gasteiger partial charge in [0.1, 0.15) is 13.2 Å². The Kier molecular flexibility index (Phi) is 4.27. The maximum absolute atomic E-state index is 10.8. The van der Waals surface area contributed by atoms with Crippen LogP contribution in [-0.4, -0.2) is 29.5 Å². The Morgan fingerprint density at radius 3 is 2.25 bits per heavy atom. The second-order valence-corrected chi connectivity index (χ2v) is 4.92. The molecule has 1 fully saturated rings. The largest absolute Gasteiger partial charge is 0.343 e. The van der Waals surface area contributed by atoms with Crippen LogP contribution in [0.4, 0.5) is 0 Å². The fourth-order valence-electron chi connectivity index (χ4n) is 1.65. The number of nitro groups is 1. The van der Waals surface area contributed by atoms with Crippen LogP contribution in [-0.2, 0) is 9.47 Å². The first-order chi connectivity index (χ1) is 7.42. The van der Waals surface area contributed by atoms with E-state index in [1.54, 1.807) is 6.92 Å². The van der Waals surface area contributed by atoms with Crippen molar-refractivity contribution in [1.29, 1.82) is 0 Å². The molecule has 0 unspecified atom stereocenters. The fourth-order valence-corrected chi connectivity index (χ4v) is 1.65. The molecule has 0 saturated carbocycles. The average molecular weight is 231 g/mol. The summed E-state index contributed by atoms with van der Waals surface area (Å²) in [6.45, 7) is 5.81. The lowest BCUT2D eigenvalue weighted by molar-refractivity contribution is -0.591. The van der Waals surface area contributed by atoms with Crippen molar-refractivity contribution < 1.29 is 14.4 Å². The van der Waals surface area contributed by atoms with E-state index < -0.39 is 11.3 Å². The molecular weight excluding hydrogens is 210 g/mol. The molecule has 0 atom stereocenters. The van der Waals surface area contributed by atoms with E-state index in [9.17, 15) is 10.1 Å². The highest BCUT2D eigenvalue weighted by molar-refractivity contribution is 4.80. The smallest absolute Gasteiger partial charge is 0.265 e. The van der Waals surface area contributed by atoms with E-state index in [1.165, 1.54) is 0 Å². The maximum atomic E-state index is 10.8. The van der Waals surface area contributed by atoms with E-state index in [-0.39, 0.29) is 18.1 Å². The van der Waals surface area contributed by atoms with Crippen molar-refractivity contribution in [3.8, 4) is 0 Å². The summed E-state index contributed by atoms with van der Waals surface area (Å²) in [7, 11) is 0. The topological polar surface area (TPSA) is 61.6 Å². The minimum Gasteiger partial charge on any atom is -0.343 e. The molecule has 1 rings (SSSR count). The summed E-state index contributed by atoms with van der Waals surface area (Å²) in [6.07, 6.45) is 4.11. The summed E-state index contributed by atoms with van der Waals surface area (Å²) in [5, 5.41) is 10.8. The van der Waals surface area contributed by atoms with Gasteiger partial charge in [0.05, 0.1) is 0 Å². The number of nitrogens with zero attached hydrogens (tertiary/aromatic N) is 1. The van der Waals surface area contributed by atoms with Crippen LogP contribution in [0.1, 0.15) is 46.5 Å². The van der Waals surface area contributed by atoms with Gasteiger partial charge >= 0.3 is 0 Å². The number of hydrogen-bond acceptors (Lipinski definition) is 4. The van der Waals surface area contributed by atoms with Gasteiger partial charge in [0.15, 0.2) is 5.79 Å². The predicted molar refractivity (Wildman–Crippen MR) is 59.9 cm³/mol. The minimum absolute atomic E-state index is 0.128. The molecule has 0 amide bonds. The molecule has 1 aliphatic heterocycles. The summed E-state index contributed by atoms with van der Waals surface area (Å²) in [5.41, 5.74) is -1.09. The van der Waals surface area contributed by atoms with Gasteiger partial charge in [-0.15, -0.1) is 0 Å².